The first kappa shape index (κ1) is 12.5. The van der Waals surface area contributed by atoms with Gasteiger partial charge in [-0.1, -0.05) is 36.4 Å². The number of ether oxygens (including phenoxy) is 2. The third kappa shape index (κ3) is 2.30. The van der Waals surface area contributed by atoms with Gasteiger partial charge in [-0.3, -0.25) is 0 Å². The molecular formula is C17H14O3. The van der Waals surface area contributed by atoms with Crippen LogP contribution in [-0.4, -0.2) is 13.1 Å². The number of rotatable bonds is 3. The van der Waals surface area contributed by atoms with Crippen LogP contribution in [0.25, 0.3) is 6.08 Å². The number of benzene rings is 2. The minimum absolute atomic E-state index is 0.263. The summed E-state index contributed by atoms with van der Waals surface area (Å²) in [5, 5.41) is 0. The van der Waals surface area contributed by atoms with Crippen molar-refractivity contribution in [3.63, 3.8) is 0 Å². The van der Waals surface area contributed by atoms with Crippen molar-refractivity contribution in [2.24, 2.45) is 0 Å². The van der Waals surface area contributed by atoms with Crippen LogP contribution < -0.4 is 4.74 Å². The number of hydrogen-bond acceptors (Lipinski definition) is 3. The van der Waals surface area contributed by atoms with Crippen LogP contribution in [0, 0.1) is 0 Å². The predicted octanol–water partition coefficient (Wildman–Crippen LogP) is 3.62. The molecule has 0 spiro atoms. The molecule has 2 aromatic carbocycles. The van der Waals surface area contributed by atoms with Crippen molar-refractivity contribution in [1.29, 1.82) is 0 Å². The zero-order chi connectivity index (χ0) is 13.9. The molecule has 0 aliphatic carbocycles. The van der Waals surface area contributed by atoms with E-state index in [0.717, 1.165) is 16.9 Å². The van der Waals surface area contributed by atoms with Crippen molar-refractivity contribution in [3.05, 3.63) is 71.3 Å². The van der Waals surface area contributed by atoms with Gasteiger partial charge in [0, 0.05) is 5.56 Å². The fraction of sp³-hybridized carbons (Fsp3) is 0.118. The third-order valence-corrected chi connectivity index (χ3v) is 3.28. The minimum atomic E-state index is -0.315. The van der Waals surface area contributed by atoms with Gasteiger partial charge in [0.05, 0.1) is 12.7 Å². The minimum Gasteiger partial charge on any atom is -0.497 e. The molecule has 1 aliphatic heterocycles. The Morgan fingerprint density at radius 1 is 1.15 bits per heavy atom. The van der Waals surface area contributed by atoms with Crippen LogP contribution in [-0.2, 0) is 4.74 Å². The van der Waals surface area contributed by atoms with Gasteiger partial charge in [-0.25, -0.2) is 4.79 Å². The van der Waals surface area contributed by atoms with Gasteiger partial charge in [0.2, 0.25) is 0 Å². The quantitative estimate of drug-likeness (QED) is 0.796. The van der Waals surface area contributed by atoms with E-state index in [2.05, 4.69) is 0 Å². The van der Waals surface area contributed by atoms with Crippen LogP contribution in [0.2, 0.25) is 0 Å². The van der Waals surface area contributed by atoms with Gasteiger partial charge < -0.3 is 9.47 Å². The first-order valence-electron chi connectivity index (χ1n) is 6.40. The highest BCUT2D eigenvalue weighted by atomic mass is 16.5. The Hall–Kier alpha value is -2.55. The SMILES string of the molecule is COc1cccc(/C=C\[C@H]2OC(=O)c3ccccc32)c1. The molecule has 0 radical (unpaired) electrons. The highest BCUT2D eigenvalue weighted by Gasteiger charge is 2.28. The number of carbonyl (C=O) groups is 1. The Bertz CT molecular complexity index is 673. The molecule has 100 valence electrons. The number of methoxy groups -OCH3 is 1. The maximum Gasteiger partial charge on any atom is 0.339 e. The fourth-order valence-electron chi connectivity index (χ4n) is 2.26. The van der Waals surface area contributed by atoms with E-state index in [-0.39, 0.29) is 12.1 Å². The molecule has 0 saturated carbocycles. The Labute approximate surface area is 117 Å². The smallest absolute Gasteiger partial charge is 0.339 e. The number of hydrogen-bond donors (Lipinski definition) is 0. The molecule has 0 aromatic heterocycles. The van der Waals surface area contributed by atoms with Gasteiger partial charge in [0.25, 0.3) is 0 Å². The van der Waals surface area contributed by atoms with Gasteiger partial charge >= 0.3 is 5.97 Å². The number of cyclic esters (lactones) is 1. The van der Waals surface area contributed by atoms with Crippen LogP contribution in [0.15, 0.2) is 54.6 Å². The van der Waals surface area contributed by atoms with E-state index in [1.54, 1.807) is 13.2 Å². The van der Waals surface area contributed by atoms with E-state index in [1.807, 2.05) is 54.6 Å². The molecule has 1 atom stereocenters. The Morgan fingerprint density at radius 2 is 2.00 bits per heavy atom. The van der Waals surface area contributed by atoms with Crippen molar-refractivity contribution in [2.45, 2.75) is 6.10 Å². The molecule has 0 saturated heterocycles. The van der Waals surface area contributed by atoms with Crippen molar-refractivity contribution in [3.8, 4) is 5.75 Å². The lowest BCUT2D eigenvalue weighted by Crippen LogP contribution is -1.95. The zero-order valence-corrected chi connectivity index (χ0v) is 11.1. The summed E-state index contributed by atoms with van der Waals surface area (Å²) < 4.78 is 10.5. The second kappa shape index (κ2) is 5.21. The highest BCUT2D eigenvalue weighted by molar-refractivity contribution is 5.94. The van der Waals surface area contributed by atoms with Crippen molar-refractivity contribution in [1.82, 2.24) is 0 Å². The van der Waals surface area contributed by atoms with E-state index < -0.39 is 0 Å². The second-order valence-electron chi connectivity index (χ2n) is 4.55. The second-order valence-corrected chi connectivity index (χ2v) is 4.55. The van der Waals surface area contributed by atoms with Gasteiger partial charge in [-0.05, 0) is 29.8 Å². The predicted molar refractivity (Wildman–Crippen MR) is 76.6 cm³/mol. The van der Waals surface area contributed by atoms with E-state index in [1.165, 1.54) is 0 Å². The first-order valence-corrected chi connectivity index (χ1v) is 6.40. The summed E-state index contributed by atoms with van der Waals surface area (Å²) >= 11 is 0. The van der Waals surface area contributed by atoms with Crippen LogP contribution >= 0.6 is 0 Å². The first-order chi connectivity index (χ1) is 9.78. The molecule has 3 heteroatoms. The van der Waals surface area contributed by atoms with E-state index >= 15 is 0 Å². The molecular weight excluding hydrogens is 252 g/mol. The lowest BCUT2D eigenvalue weighted by atomic mass is 10.0. The van der Waals surface area contributed by atoms with Gasteiger partial charge in [-0.15, -0.1) is 0 Å². The average Bonchev–Trinajstić information content (AvgIpc) is 2.82. The maximum atomic E-state index is 11.7. The Balaban J connectivity index is 1.85. The van der Waals surface area contributed by atoms with Gasteiger partial charge in [0.1, 0.15) is 11.9 Å². The number of fused-ring (bicyclic) bond motifs is 1. The summed E-state index contributed by atoms with van der Waals surface area (Å²) in [4.78, 5) is 11.7. The molecule has 1 heterocycles. The zero-order valence-electron chi connectivity index (χ0n) is 11.1. The number of carbonyl (C=O) groups excluding carboxylic acids is 1. The molecule has 3 rings (SSSR count). The van der Waals surface area contributed by atoms with Crippen molar-refractivity contribution >= 4 is 12.0 Å². The Morgan fingerprint density at radius 3 is 2.85 bits per heavy atom. The standard InChI is InChI=1S/C17H14O3/c1-19-13-6-4-5-12(11-13)9-10-16-14-7-2-3-8-15(14)17(18)20-16/h2-11,16H,1H3/b10-9-/t16-/m1/s1. The molecule has 0 unspecified atom stereocenters. The lowest BCUT2D eigenvalue weighted by Gasteiger charge is -2.05. The summed E-state index contributed by atoms with van der Waals surface area (Å²) in [5.41, 5.74) is 2.56. The van der Waals surface area contributed by atoms with Crippen LogP contribution in [0.3, 0.4) is 0 Å². The molecule has 1 aliphatic rings. The topological polar surface area (TPSA) is 35.5 Å². The lowest BCUT2D eigenvalue weighted by molar-refractivity contribution is 0.0468. The Kier molecular flexibility index (Phi) is 3.25. The fourth-order valence-corrected chi connectivity index (χ4v) is 2.26. The monoisotopic (exact) mass is 266 g/mol. The van der Waals surface area contributed by atoms with Crippen molar-refractivity contribution < 1.29 is 14.3 Å². The number of esters is 1. The molecule has 0 amide bonds. The maximum absolute atomic E-state index is 11.7. The molecule has 3 nitrogen and oxygen atoms in total. The average molecular weight is 266 g/mol. The summed E-state index contributed by atoms with van der Waals surface area (Å²) in [7, 11) is 1.64. The van der Waals surface area contributed by atoms with Crippen molar-refractivity contribution in [2.75, 3.05) is 7.11 Å². The highest BCUT2D eigenvalue weighted by Crippen LogP contribution is 2.31. The van der Waals surface area contributed by atoms with Gasteiger partial charge in [-0.2, -0.15) is 0 Å². The molecule has 0 bridgehead atoms. The van der Waals surface area contributed by atoms with Crippen LogP contribution in [0.1, 0.15) is 27.6 Å². The van der Waals surface area contributed by atoms with Crippen LogP contribution in [0.4, 0.5) is 0 Å². The summed E-state index contributed by atoms with van der Waals surface area (Å²) in [6.07, 6.45) is 3.51. The van der Waals surface area contributed by atoms with Crippen LogP contribution in [0.5, 0.6) is 5.75 Å². The molecule has 2 aromatic rings. The van der Waals surface area contributed by atoms with E-state index in [4.69, 9.17) is 9.47 Å². The summed E-state index contributed by atoms with van der Waals surface area (Å²) in [6, 6.07) is 15.2. The van der Waals surface area contributed by atoms with E-state index in [0.29, 0.717) is 5.56 Å². The van der Waals surface area contributed by atoms with E-state index in [9.17, 15) is 4.79 Å². The molecule has 20 heavy (non-hydrogen) atoms. The summed E-state index contributed by atoms with van der Waals surface area (Å²) in [6.45, 7) is 0. The molecule has 0 N–H and O–H groups in total. The summed E-state index contributed by atoms with van der Waals surface area (Å²) in [5.74, 6) is 0.539. The largest absolute Gasteiger partial charge is 0.497 e. The van der Waals surface area contributed by atoms with Gasteiger partial charge in [0.15, 0.2) is 0 Å². The third-order valence-electron chi connectivity index (χ3n) is 3.28. The normalized spacial score (nSPS) is 17.1. The molecule has 0 fully saturated rings.